The highest BCUT2D eigenvalue weighted by Gasteiger charge is 2.29. The van der Waals surface area contributed by atoms with Crippen molar-refractivity contribution in [2.24, 2.45) is 0 Å². The number of nitriles is 1. The lowest BCUT2D eigenvalue weighted by atomic mass is 10.00. The van der Waals surface area contributed by atoms with Crippen LogP contribution in [-0.4, -0.2) is 28.7 Å². The summed E-state index contributed by atoms with van der Waals surface area (Å²) in [6, 6.07) is 7.44. The fourth-order valence-electron chi connectivity index (χ4n) is 4.04. The normalized spacial score (nSPS) is 13.5. The number of carbonyl (C=O) groups excluding carboxylic acids is 1. The van der Waals surface area contributed by atoms with Crippen LogP contribution in [0, 0.1) is 18.3 Å². The molecule has 0 N–H and O–H groups in total. The minimum atomic E-state index is -0.401. The second-order valence-electron chi connectivity index (χ2n) is 7.30. The van der Waals surface area contributed by atoms with Gasteiger partial charge in [0.05, 0.1) is 23.4 Å². The quantitative estimate of drug-likeness (QED) is 0.474. The summed E-state index contributed by atoms with van der Waals surface area (Å²) in [5.74, 6) is 0.808. The summed E-state index contributed by atoms with van der Waals surface area (Å²) in [6.07, 6.45) is 0. The number of pyridine rings is 2. The van der Waals surface area contributed by atoms with Crippen molar-refractivity contribution in [3.05, 3.63) is 50.8 Å². The molecule has 0 amide bonds. The Morgan fingerprint density at radius 3 is 2.70 bits per heavy atom. The minimum Gasteiger partial charge on any atom is -0.486 e. The van der Waals surface area contributed by atoms with Gasteiger partial charge >= 0.3 is 5.97 Å². The molecule has 2 aliphatic heterocycles. The van der Waals surface area contributed by atoms with Crippen LogP contribution in [0.1, 0.15) is 29.2 Å². The largest absolute Gasteiger partial charge is 0.486 e. The molecule has 1 aromatic carbocycles. The standard InChI is InChI=1S/C22H17N3O5/c1-11-5-18-21-15(9-25(18)22(27)14(11)8-23)16(10-30-12(2)26)13-6-19-20(7-17(13)24-21)29-4-3-28-19/h5-7H,3-4,9-10H2,1-2H3. The van der Waals surface area contributed by atoms with Crippen LogP contribution in [0.5, 0.6) is 11.5 Å². The second-order valence-corrected chi connectivity index (χ2v) is 7.30. The van der Waals surface area contributed by atoms with Gasteiger partial charge in [-0.25, -0.2) is 4.98 Å². The van der Waals surface area contributed by atoms with Gasteiger partial charge in [-0.3, -0.25) is 9.59 Å². The van der Waals surface area contributed by atoms with Crippen molar-refractivity contribution in [3.8, 4) is 29.0 Å². The Bertz CT molecular complexity index is 1350. The third kappa shape index (κ3) is 2.63. The fourth-order valence-corrected chi connectivity index (χ4v) is 4.04. The van der Waals surface area contributed by atoms with Crippen molar-refractivity contribution in [1.29, 1.82) is 5.26 Å². The van der Waals surface area contributed by atoms with Crippen LogP contribution in [-0.2, 0) is 22.7 Å². The molecule has 2 aliphatic rings. The zero-order valence-corrected chi connectivity index (χ0v) is 16.4. The van der Waals surface area contributed by atoms with Gasteiger partial charge in [0.1, 0.15) is 31.5 Å². The van der Waals surface area contributed by atoms with Crippen LogP contribution in [0.2, 0.25) is 0 Å². The Morgan fingerprint density at radius 1 is 1.27 bits per heavy atom. The van der Waals surface area contributed by atoms with Gasteiger partial charge in [0.15, 0.2) is 11.5 Å². The Kier molecular flexibility index (Phi) is 4.00. The van der Waals surface area contributed by atoms with Gasteiger partial charge < -0.3 is 18.8 Å². The molecule has 0 spiro atoms. The highest BCUT2D eigenvalue weighted by atomic mass is 16.6. The highest BCUT2D eigenvalue weighted by molar-refractivity contribution is 5.90. The summed E-state index contributed by atoms with van der Waals surface area (Å²) in [4.78, 5) is 29.2. The Hall–Kier alpha value is -3.86. The Labute approximate surface area is 171 Å². The molecule has 0 bridgehead atoms. The highest BCUT2D eigenvalue weighted by Crippen LogP contribution is 2.40. The van der Waals surface area contributed by atoms with E-state index in [0.29, 0.717) is 47.2 Å². The summed E-state index contributed by atoms with van der Waals surface area (Å²) in [5.41, 5.74) is 3.89. The molecule has 3 aromatic rings. The number of aromatic nitrogens is 2. The Morgan fingerprint density at radius 2 is 2.00 bits per heavy atom. The van der Waals surface area contributed by atoms with Gasteiger partial charge in [-0.05, 0) is 24.6 Å². The van der Waals surface area contributed by atoms with E-state index in [-0.39, 0.29) is 24.3 Å². The second kappa shape index (κ2) is 6.59. The van der Waals surface area contributed by atoms with Gasteiger partial charge in [-0.1, -0.05) is 0 Å². The maximum absolute atomic E-state index is 12.8. The summed E-state index contributed by atoms with van der Waals surface area (Å²) >= 11 is 0. The van der Waals surface area contributed by atoms with Gasteiger partial charge in [-0.2, -0.15) is 5.26 Å². The zero-order chi connectivity index (χ0) is 21.0. The number of esters is 1. The minimum absolute atomic E-state index is 0.0448. The van der Waals surface area contributed by atoms with Gasteiger partial charge in [0.2, 0.25) is 0 Å². The van der Waals surface area contributed by atoms with Crippen LogP contribution < -0.4 is 15.0 Å². The number of benzene rings is 1. The maximum Gasteiger partial charge on any atom is 0.302 e. The molecular weight excluding hydrogens is 386 g/mol. The predicted molar refractivity (Wildman–Crippen MR) is 106 cm³/mol. The van der Waals surface area contributed by atoms with E-state index < -0.39 is 5.97 Å². The topological polar surface area (TPSA) is 103 Å². The third-order valence-corrected chi connectivity index (χ3v) is 5.46. The van der Waals surface area contributed by atoms with Crippen LogP contribution in [0.4, 0.5) is 0 Å². The van der Waals surface area contributed by atoms with Crippen molar-refractivity contribution in [1.82, 2.24) is 9.55 Å². The van der Waals surface area contributed by atoms with E-state index in [1.165, 1.54) is 6.92 Å². The Balaban J connectivity index is 1.80. The summed E-state index contributed by atoms with van der Waals surface area (Å²) in [7, 11) is 0. The lowest BCUT2D eigenvalue weighted by molar-refractivity contribution is -0.142. The van der Waals surface area contributed by atoms with Crippen LogP contribution in [0.15, 0.2) is 23.0 Å². The van der Waals surface area contributed by atoms with Gasteiger partial charge in [0.25, 0.3) is 5.56 Å². The molecule has 0 unspecified atom stereocenters. The molecule has 0 aliphatic carbocycles. The molecule has 0 fully saturated rings. The molecule has 2 aromatic heterocycles. The molecule has 4 heterocycles. The molecule has 8 heteroatoms. The van der Waals surface area contributed by atoms with Crippen molar-refractivity contribution in [3.63, 3.8) is 0 Å². The van der Waals surface area contributed by atoms with E-state index in [1.54, 1.807) is 23.6 Å². The number of ether oxygens (including phenoxy) is 3. The summed E-state index contributed by atoms with van der Waals surface area (Å²) < 4.78 is 18.3. The lowest BCUT2D eigenvalue weighted by Gasteiger charge is -2.20. The summed E-state index contributed by atoms with van der Waals surface area (Å²) in [5, 5.41) is 10.1. The first kappa shape index (κ1) is 18.2. The van der Waals surface area contributed by atoms with Crippen molar-refractivity contribution in [2.75, 3.05) is 13.2 Å². The number of rotatable bonds is 2. The fraction of sp³-hybridized carbons (Fsp3) is 0.273. The molecule has 0 saturated heterocycles. The van der Waals surface area contributed by atoms with Crippen LogP contribution >= 0.6 is 0 Å². The number of hydrogen-bond donors (Lipinski definition) is 0. The molecule has 0 radical (unpaired) electrons. The van der Waals surface area contributed by atoms with Gasteiger partial charge in [0, 0.05) is 29.5 Å². The van der Waals surface area contributed by atoms with E-state index in [1.807, 2.05) is 12.1 Å². The van der Waals surface area contributed by atoms with E-state index >= 15 is 0 Å². The predicted octanol–water partition coefficient (Wildman–Crippen LogP) is 2.44. The maximum atomic E-state index is 12.8. The van der Waals surface area contributed by atoms with Gasteiger partial charge in [-0.15, -0.1) is 0 Å². The average molecular weight is 403 g/mol. The van der Waals surface area contributed by atoms with E-state index in [9.17, 15) is 14.9 Å². The number of carbonyl (C=O) groups is 1. The van der Waals surface area contributed by atoms with Crippen LogP contribution in [0.25, 0.3) is 22.3 Å². The lowest BCUT2D eigenvalue weighted by Crippen LogP contribution is -2.22. The first-order valence-electron chi connectivity index (χ1n) is 9.51. The van der Waals surface area contributed by atoms with Crippen molar-refractivity contribution >= 4 is 16.9 Å². The molecule has 0 saturated carbocycles. The number of aryl methyl sites for hydroxylation is 1. The first-order valence-corrected chi connectivity index (χ1v) is 9.51. The number of nitrogens with zero attached hydrogens (tertiary/aromatic N) is 3. The molecular formula is C22H17N3O5. The molecule has 8 nitrogen and oxygen atoms in total. The SMILES string of the molecule is CC(=O)OCc1c2c(nc3cc4c(cc13)OCCO4)-c1cc(C)c(C#N)c(=O)n1C2. The zero-order valence-electron chi connectivity index (χ0n) is 16.4. The molecule has 150 valence electrons. The average Bonchev–Trinajstić information content (AvgIpc) is 3.08. The van der Waals surface area contributed by atoms with E-state index in [2.05, 4.69) is 0 Å². The molecule has 5 rings (SSSR count). The van der Waals surface area contributed by atoms with Crippen LogP contribution in [0.3, 0.4) is 0 Å². The first-order chi connectivity index (χ1) is 14.5. The molecule has 30 heavy (non-hydrogen) atoms. The summed E-state index contributed by atoms with van der Waals surface area (Å²) in [6.45, 7) is 4.30. The third-order valence-electron chi connectivity index (χ3n) is 5.46. The number of fused-ring (bicyclic) bond motifs is 5. The number of hydrogen-bond acceptors (Lipinski definition) is 7. The monoisotopic (exact) mass is 403 g/mol. The van der Waals surface area contributed by atoms with E-state index in [0.717, 1.165) is 16.5 Å². The smallest absolute Gasteiger partial charge is 0.302 e. The van der Waals surface area contributed by atoms with Crippen molar-refractivity contribution in [2.45, 2.75) is 27.0 Å². The van der Waals surface area contributed by atoms with Crippen molar-refractivity contribution < 1.29 is 19.0 Å². The van der Waals surface area contributed by atoms with E-state index in [4.69, 9.17) is 19.2 Å². The molecule has 0 atom stereocenters.